The van der Waals surface area contributed by atoms with Gasteiger partial charge in [-0.15, -0.1) is 0 Å². The van der Waals surface area contributed by atoms with Crippen molar-refractivity contribution in [2.24, 2.45) is 0 Å². The Labute approximate surface area is 106 Å². The van der Waals surface area contributed by atoms with E-state index in [1.54, 1.807) is 0 Å². The molecule has 0 aliphatic carbocycles. The van der Waals surface area contributed by atoms with Gasteiger partial charge in [0.1, 0.15) is 0 Å². The maximum atomic E-state index is 3.54. The van der Waals surface area contributed by atoms with Crippen LogP contribution >= 0.6 is 38.5 Å². The van der Waals surface area contributed by atoms with Gasteiger partial charge in [-0.25, -0.2) is 0 Å². The van der Waals surface area contributed by atoms with E-state index in [1.807, 2.05) is 6.07 Å². The van der Waals surface area contributed by atoms with Crippen molar-refractivity contribution < 1.29 is 0 Å². The largest absolute Gasteiger partial charge is 0.0622 e. The normalized spacial score (nSPS) is 10.1. The highest BCUT2D eigenvalue weighted by Gasteiger charge is 2.04. The fourth-order valence-corrected chi connectivity index (χ4v) is 2.38. The zero-order valence-electron chi connectivity index (χ0n) is 7.37. The van der Waals surface area contributed by atoms with Crippen molar-refractivity contribution in [3.63, 3.8) is 0 Å². The Morgan fingerprint density at radius 3 is 2.29 bits per heavy atom. The van der Waals surface area contributed by atoms with Gasteiger partial charge in [0, 0.05) is 8.04 Å². The molecular formula is C12H8BrI. The monoisotopic (exact) mass is 358 g/mol. The Morgan fingerprint density at radius 2 is 1.57 bits per heavy atom. The number of hydrogen-bond acceptors (Lipinski definition) is 0. The molecule has 0 bridgehead atoms. The molecule has 0 radical (unpaired) electrons. The molecule has 0 atom stereocenters. The van der Waals surface area contributed by atoms with Gasteiger partial charge >= 0.3 is 0 Å². The molecule has 0 nitrogen and oxygen atoms in total. The Morgan fingerprint density at radius 1 is 0.857 bits per heavy atom. The lowest BCUT2D eigenvalue weighted by molar-refractivity contribution is 1.54. The van der Waals surface area contributed by atoms with Crippen LogP contribution in [-0.2, 0) is 0 Å². The third-order valence-corrected chi connectivity index (χ3v) is 4.60. The summed E-state index contributed by atoms with van der Waals surface area (Å²) in [6.45, 7) is 0. The summed E-state index contributed by atoms with van der Waals surface area (Å²) in [7, 11) is 0. The van der Waals surface area contributed by atoms with Crippen LogP contribution in [0, 0.1) is 3.57 Å². The average Bonchev–Trinajstić information content (AvgIpc) is 2.23. The van der Waals surface area contributed by atoms with Gasteiger partial charge in [-0.05, 0) is 55.7 Å². The molecule has 14 heavy (non-hydrogen) atoms. The van der Waals surface area contributed by atoms with E-state index in [0.717, 1.165) is 4.47 Å². The van der Waals surface area contributed by atoms with E-state index in [1.165, 1.54) is 14.7 Å². The van der Waals surface area contributed by atoms with Crippen LogP contribution in [-0.4, -0.2) is 0 Å². The van der Waals surface area contributed by atoms with Gasteiger partial charge in [-0.1, -0.05) is 42.5 Å². The second-order valence-electron chi connectivity index (χ2n) is 2.97. The summed E-state index contributed by atoms with van der Waals surface area (Å²) in [5.74, 6) is 0. The summed E-state index contributed by atoms with van der Waals surface area (Å²) in [5, 5.41) is 0. The summed E-state index contributed by atoms with van der Waals surface area (Å²) in [4.78, 5) is 0. The second-order valence-corrected chi connectivity index (χ2v) is 4.90. The summed E-state index contributed by atoms with van der Waals surface area (Å²) < 4.78 is 2.41. The Balaban J connectivity index is 2.58. The highest BCUT2D eigenvalue weighted by Crippen LogP contribution is 2.30. The number of halogens is 2. The van der Waals surface area contributed by atoms with Crippen molar-refractivity contribution >= 4 is 38.5 Å². The van der Waals surface area contributed by atoms with Gasteiger partial charge in [0.05, 0.1) is 0 Å². The van der Waals surface area contributed by atoms with Crippen LogP contribution in [0.4, 0.5) is 0 Å². The quantitative estimate of drug-likeness (QED) is 0.647. The van der Waals surface area contributed by atoms with Crippen molar-refractivity contribution in [1.29, 1.82) is 0 Å². The Kier molecular flexibility index (Phi) is 3.23. The summed E-state index contributed by atoms with van der Waals surface area (Å²) in [6, 6.07) is 16.7. The van der Waals surface area contributed by atoms with Gasteiger partial charge in [0.2, 0.25) is 0 Å². The third-order valence-electron chi connectivity index (χ3n) is 2.04. The van der Waals surface area contributed by atoms with E-state index in [2.05, 4.69) is 81.0 Å². The smallest absolute Gasteiger partial charge is 0.0350 e. The molecule has 2 heteroatoms. The molecule has 0 amide bonds. The van der Waals surface area contributed by atoms with Gasteiger partial charge in [0.25, 0.3) is 0 Å². The third kappa shape index (κ3) is 2.01. The minimum atomic E-state index is 1.15. The minimum absolute atomic E-state index is 1.15. The van der Waals surface area contributed by atoms with Crippen LogP contribution in [0.1, 0.15) is 0 Å². The standard InChI is InChI=1S/C12H8BrI/c13-11-8-4-7-10(12(11)14)9-5-2-1-3-6-9/h1-8H. The van der Waals surface area contributed by atoms with Crippen LogP contribution in [0.5, 0.6) is 0 Å². The maximum Gasteiger partial charge on any atom is 0.0350 e. The van der Waals surface area contributed by atoms with Gasteiger partial charge in [-0.3, -0.25) is 0 Å². The lowest BCUT2D eigenvalue weighted by Crippen LogP contribution is -1.83. The highest BCUT2D eigenvalue weighted by molar-refractivity contribution is 14.1. The summed E-state index contributed by atoms with van der Waals surface area (Å²) in [6.07, 6.45) is 0. The van der Waals surface area contributed by atoms with Crippen molar-refractivity contribution in [2.75, 3.05) is 0 Å². The lowest BCUT2D eigenvalue weighted by Gasteiger charge is -2.05. The van der Waals surface area contributed by atoms with Crippen LogP contribution < -0.4 is 0 Å². The van der Waals surface area contributed by atoms with Gasteiger partial charge in [0.15, 0.2) is 0 Å². The summed E-state index contributed by atoms with van der Waals surface area (Å²) >= 11 is 5.90. The fraction of sp³-hybridized carbons (Fsp3) is 0. The second kappa shape index (κ2) is 4.45. The van der Waals surface area contributed by atoms with E-state index in [9.17, 15) is 0 Å². The Bertz CT molecular complexity index is 437. The number of benzene rings is 2. The molecule has 70 valence electrons. The molecule has 0 aliphatic rings. The zero-order valence-corrected chi connectivity index (χ0v) is 11.1. The van der Waals surface area contributed by atoms with Crippen molar-refractivity contribution in [2.45, 2.75) is 0 Å². The predicted octanol–water partition coefficient (Wildman–Crippen LogP) is 4.72. The molecular weight excluding hydrogens is 351 g/mol. The van der Waals surface area contributed by atoms with E-state index < -0.39 is 0 Å². The Hall–Kier alpha value is -0.350. The molecule has 0 spiro atoms. The molecule has 0 unspecified atom stereocenters. The lowest BCUT2D eigenvalue weighted by atomic mass is 10.1. The van der Waals surface area contributed by atoms with Crippen LogP contribution in [0.3, 0.4) is 0 Å². The van der Waals surface area contributed by atoms with E-state index >= 15 is 0 Å². The number of rotatable bonds is 1. The van der Waals surface area contributed by atoms with Gasteiger partial charge < -0.3 is 0 Å². The van der Waals surface area contributed by atoms with E-state index in [4.69, 9.17) is 0 Å². The minimum Gasteiger partial charge on any atom is -0.0622 e. The van der Waals surface area contributed by atoms with Crippen molar-refractivity contribution in [3.8, 4) is 11.1 Å². The molecule has 0 aromatic heterocycles. The van der Waals surface area contributed by atoms with E-state index in [0.29, 0.717) is 0 Å². The average molecular weight is 359 g/mol. The molecule has 2 aromatic carbocycles. The predicted molar refractivity (Wildman–Crippen MR) is 72.3 cm³/mol. The topological polar surface area (TPSA) is 0 Å². The number of hydrogen-bond donors (Lipinski definition) is 0. The molecule has 0 fully saturated rings. The first kappa shape index (κ1) is 10.2. The first-order chi connectivity index (χ1) is 6.79. The zero-order chi connectivity index (χ0) is 9.97. The molecule has 2 aromatic rings. The molecule has 0 heterocycles. The van der Waals surface area contributed by atoms with E-state index in [-0.39, 0.29) is 0 Å². The fourth-order valence-electron chi connectivity index (χ4n) is 1.34. The van der Waals surface area contributed by atoms with Crippen molar-refractivity contribution in [1.82, 2.24) is 0 Å². The van der Waals surface area contributed by atoms with Crippen LogP contribution in [0.15, 0.2) is 53.0 Å². The molecule has 0 aliphatic heterocycles. The first-order valence-corrected chi connectivity index (χ1v) is 6.15. The maximum absolute atomic E-state index is 3.54. The molecule has 0 saturated heterocycles. The van der Waals surface area contributed by atoms with Gasteiger partial charge in [-0.2, -0.15) is 0 Å². The molecule has 2 rings (SSSR count). The van der Waals surface area contributed by atoms with Crippen LogP contribution in [0.2, 0.25) is 0 Å². The SMILES string of the molecule is Brc1cccc(-c2ccccc2)c1I. The highest BCUT2D eigenvalue weighted by atomic mass is 127. The van der Waals surface area contributed by atoms with Crippen LogP contribution in [0.25, 0.3) is 11.1 Å². The molecule has 0 N–H and O–H groups in total. The van der Waals surface area contributed by atoms with Crippen molar-refractivity contribution in [3.05, 3.63) is 56.6 Å². The summed E-state index contributed by atoms with van der Waals surface area (Å²) in [5.41, 5.74) is 2.54. The first-order valence-electron chi connectivity index (χ1n) is 4.28. The molecule has 0 saturated carbocycles.